The maximum absolute atomic E-state index is 12.4. The normalized spacial score (nSPS) is 11.4. The van der Waals surface area contributed by atoms with Crippen LogP contribution in [0.15, 0.2) is 24.4 Å². The molecule has 1 rings (SSSR count). The summed E-state index contributed by atoms with van der Waals surface area (Å²) in [6.45, 7) is 1.31. The Bertz CT molecular complexity index is 343. The molecule has 1 aromatic rings. The zero-order valence-electron chi connectivity index (χ0n) is 6.99. The number of hydrogen-bond donors (Lipinski definition) is 1. The molecule has 1 heterocycles. The van der Waals surface area contributed by atoms with E-state index in [1.807, 2.05) is 0 Å². The molecule has 13 heavy (non-hydrogen) atoms. The van der Waals surface area contributed by atoms with Crippen LogP contribution in [0.3, 0.4) is 0 Å². The van der Waals surface area contributed by atoms with E-state index in [4.69, 9.17) is 0 Å². The van der Waals surface area contributed by atoms with Gasteiger partial charge in [0.25, 0.3) is 0 Å². The Morgan fingerprint density at radius 1 is 1.62 bits per heavy atom. The largest absolute Gasteiger partial charge is 0.506 e. The summed E-state index contributed by atoms with van der Waals surface area (Å²) in [5.74, 6) is -1.03. The molecular formula is C9H8FNO2. The molecule has 0 saturated heterocycles. The molecule has 0 spiro atoms. The predicted octanol–water partition coefficient (Wildman–Crippen LogP) is 1.71. The molecule has 0 amide bonds. The van der Waals surface area contributed by atoms with E-state index in [1.54, 1.807) is 0 Å². The Morgan fingerprint density at radius 3 is 2.77 bits per heavy atom. The minimum absolute atomic E-state index is 0.177. The number of halogens is 1. The molecule has 0 aliphatic heterocycles. The number of rotatable bonds is 2. The molecule has 0 aromatic carbocycles. The third kappa shape index (κ3) is 2.66. The molecule has 0 fully saturated rings. The SMILES string of the molecule is CC(=O)C=C(O)c1ccc(F)cn1. The fourth-order valence-electron chi connectivity index (χ4n) is 0.794. The van der Waals surface area contributed by atoms with Crippen molar-refractivity contribution in [1.82, 2.24) is 4.98 Å². The molecule has 0 atom stereocenters. The predicted molar refractivity (Wildman–Crippen MR) is 45.5 cm³/mol. The zero-order chi connectivity index (χ0) is 9.84. The van der Waals surface area contributed by atoms with Gasteiger partial charge in [-0.1, -0.05) is 0 Å². The van der Waals surface area contributed by atoms with Crippen molar-refractivity contribution in [3.63, 3.8) is 0 Å². The van der Waals surface area contributed by atoms with Crippen LogP contribution in [0.5, 0.6) is 0 Å². The Labute approximate surface area is 74.5 Å². The van der Waals surface area contributed by atoms with Gasteiger partial charge in [0.1, 0.15) is 17.3 Å². The van der Waals surface area contributed by atoms with E-state index in [-0.39, 0.29) is 17.2 Å². The van der Waals surface area contributed by atoms with Crippen LogP contribution < -0.4 is 0 Å². The molecule has 0 aliphatic carbocycles. The molecule has 0 unspecified atom stereocenters. The van der Waals surface area contributed by atoms with Gasteiger partial charge in [-0.15, -0.1) is 0 Å². The highest BCUT2D eigenvalue weighted by molar-refractivity contribution is 5.93. The van der Waals surface area contributed by atoms with E-state index in [1.165, 1.54) is 13.0 Å². The van der Waals surface area contributed by atoms with Crippen LogP contribution in [-0.2, 0) is 4.79 Å². The summed E-state index contributed by atoms with van der Waals surface area (Å²) in [6.07, 6.45) is 2.00. The minimum Gasteiger partial charge on any atom is -0.506 e. The molecule has 3 nitrogen and oxygen atoms in total. The molecule has 0 aliphatic rings. The van der Waals surface area contributed by atoms with Crippen LogP contribution in [0.25, 0.3) is 5.76 Å². The maximum atomic E-state index is 12.4. The number of aliphatic hydroxyl groups is 1. The fourth-order valence-corrected chi connectivity index (χ4v) is 0.794. The number of nitrogens with zero attached hydrogens (tertiary/aromatic N) is 1. The van der Waals surface area contributed by atoms with Gasteiger partial charge in [-0.2, -0.15) is 0 Å². The van der Waals surface area contributed by atoms with Crippen molar-refractivity contribution in [3.8, 4) is 0 Å². The number of aliphatic hydroxyl groups excluding tert-OH is 1. The first-order valence-electron chi connectivity index (χ1n) is 3.63. The van der Waals surface area contributed by atoms with E-state index in [0.29, 0.717) is 0 Å². The lowest BCUT2D eigenvalue weighted by Gasteiger charge is -1.96. The number of pyridine rings is 1. The molecule has 1 N–H and O–H groups in total. The van der Waals surface area contributed by atoms with Gasteiger partial charge in [-0.3, -0.25) is 4.79 Å². The molecule has 0 radical (unpaired) electrons. The Kier molecular flexibility index (Phi) is 2.74. The Hall–Kier alpha value is -1.71. The molecule has 0 bridgehead atoms. The van der Waals surface area contributed by atoms with Crippen LogP contribution in [-0.4, -0.2) is 15.9 Å². The second-order valence-corrected chi connectivity index (χ2v) is 2.50. The highest BCUT2D eigenvalue weighted by atomic mass is 19.1. The quantitative estimate of drug-likeness (QED) is 0.558. The fraction of sp³-hybridized carbons (Fsp3) is 0.111. The molecular weight excluding hydrogens is 173 g/mol. The average Bonchev–Trinajstić information content (AvgIpc) is 2.04. The van der Waals surface area contributed by atoms with Gasteiger partial charge in [0.05, 0.1) is 6.20 Å². The summed E-state index contributed by atoms with van der Waals surface area (Å²) in [5, 5.41) is 9.24. The standard InChI is InChI=1S/C9H8FNO2/c1-6(12)4-9(13)8-3-2-7(10)5-11-8/h2-5,13H,1H3. The van der Waals surface area contributed by atoms with Gasteiger partial charge in [0.2, 0.25) is 0 Å². The van der Waals surface area contributed by atoms with Crippen LogP contribution in [0.4, 0.5) is 4.39 Å². The first kappa shape index (κ1) is 9.38. The van der Waals surface area contributed by atoms with E-state index >= 15 is 0 Å². The lowest BCUT2D eigenvalue weighted by molar-refractivity contribution is -0.112. The van der Waals surface area contributed by atoms with Crippen molar-refractivity contribution in [2.45, 2.75) is 6.92 Å². The summed E-state index contributed by atoms with van der Waals surface area (Å²) < 4.78 is 12.4. The topological polar surface area (TPSA) is 50.2 Å². The van der Waals surface area contributed by atoms with E-state index < -0.39 is 5.82 Å². The van der Waals surface area contributed by atoms with Crippen LogP contribution >= 0.6 is 0 Å². The summed E-state index contributed by atoms with van der Waals surface area (Å²) in [5.41, 5.74) is 0.177. The third-order valence-electron chi connectivity index (χ3n) is 1.33. The molecule has 1 aromatic heterocycles. The van der Waals surface area contributed by atoms with Gasteiger partial charge in [0, 0.05) is 6.08 Å². The summed E-state index contributed by atoms with van der Waals surface area (Å²) in [6, 6.07) is 2.45. The highest BCUT2D eigenvalue weighted by Crippen LogP contribution is 2.07. The van der Waals surface area contributed by atoms with Gasteiger partial charge >= 0.3 is 0 Å². The second-order valence-electron chi connectivity index (χ2n) is 2.50. The van der Waals surface area contributed by atoms with Crippen LogP contribution in [0.2, 0.25) is 0 Å². The number of ketones is 1. The molecule has 68 valence electrons. The van der Waals surface area contributed by atoms with Crippen molar-refractivity contribution >= 4 is 11.5 Å². The number of carbonyl (C=O) groups excluding carboxylic acids is 1. The maximum Gasteiger partial charge on any atom is 0.156 e. The molecule has 0 saturated carbocycles. The van der Waals surface area contributed by atoms with Gasteiger partial charge in [0.15, 0.2) is 5.78 Å². The van der Waals surface area contributed by atoms with Crippen molar-refractivity contribution in [2.75, 3.05) is 0 Å². The van der Waals surface area contributed by atoms with Crippen LogP contribution in [0.1, 0.15) is 12.6 Å². The number of carbonyl (C=O) groups is 1. The van der Waals surface area contributed by atoms with Crippen molar-refractivity contribution in [3.05, 3.63) is 35.9 Å². The lowest BCUT2D eigenvalue weighted by Crippen LogP contribution is -1.92. The lowest BCUT2D eigenvalue weighted by atomic mass is 10.2. The van der Waals surface area contributed by atoms with Gasteiger partial charge in [-0.05, 0) is 19.1 Å². The molecule has 4 heteroatoms. The van der Waals surface area contributed by atoms with Gasteiger partial charge < -0.3 is 5.11 Å². The smallest absolute Gasteiger partial charge is 0.156 e. The minimum atomic E-state index is -0.487. The summed E-state index contributed by atoms with van der Waals surface area (Å²) in [4.78, 5) is 14.1. The van der Waals surface area contributed by atoms with Crippen LogP contribution in [0, 0.1) is 5.82 Å². The first-order chi connectivity index (χ1) is 6.09. The van der Waals surface area contributed by atoms with E-state index in [9.17, 15) is 14.3 Å². The highest BCUT2D eigenvalue weighted by Gasteiger charge is 2.01. The first-order valence-corrected chi connectivity index (χ1v) is 3.63. The van der Waals surface area contributed by atoms with E-state index in [0.717, 1.165) is 18.3 Å². The monoisotopic (exact) mass is 181 g/mol. The number of aromatic nitrogens is 1. The average molecular weight is 181 g/mol. The van der Waals surface area contributed by atoms with Crippen molar-refractivity contribution < 1.29 is 14.3 Å². The Morgan fingerprint density at radius 2 is 2.31 bits per heavy atom. The zero-order valence-corrected chi connectivity index (χ0v) is 6.99. The van der Waals surface area contributed by atoms with Crippen molar-refractivity contribution in [2.24, 2.45) is 0 Å². The number of allylic oxidation sites excluding steroid dienone is 1. The number of hydrogen-bond acceptors (Lipinski definition) is 3. The van der Waals surface area contributed by atoms with Crippen molar-refractivity contribution in [1.29, 1.82) is 0 Å². The van der Waals surface area contributed by atoms with Gasteiger partial charge in [-0.25, -0.2) is 9.37 Å². The second kappa shape index (κ2) is 3.80. The summed E-state index contributed by atoms with van der Waals surface area (Å²) in [7, 11) is 0. The Balaban J connectivity index is 2.96. The summed E-state index contributed by atoms with van der Waals surface area (Å²) >= 11 is 0. The third-order valence-corrected chi connectivity index (χ3v) is 1.33. The van der Waals surface area contributed by atoms with E-state index in [2.05, 4.69) is 4.98 Å².